The summed E-state index contributed by atoms with van der Waals surface area (Å²) in [7, 11) is 0. The molecule has 2 fully saturated rings. The van der Waals surface area contributed by atoms with Crippen LogP contribution in [0.3, 0.4) is 0 Å². The van der Waals surface area contributed by atoms with Crippen LogP contribution in [0.4, 0.5) is 0 Å². The zero-order chi connectivity index (χ0) is 14.7. The summed E-state index contributed by atoms with van der Waals surface area (Å²) in [5.74, 6) is 1.18. The van der Waals surface area contributed by atoms with E-state index in [4.69, 9.17) is 25.8 Å². The predicted octanol–water partition coefficient (Wildman–Crippen LogP) is 3.24. The Labute approximate surface area is 130 Å². The molecule has 3 heterocycles. The van der Waals surface area contributed by atoms with Crippen molar-refractivity contribution in [1.82, 2.24) is 4.98 Å². The lowest BCUT2D eigenvalue weighted by Gasteiger charge is -2.43. The number of hydrogen-bond acceptors (Lipinski definition) is 4. The van der Waals surface area contributed by atoms with Crippen molar-refractivity contribution in [2.24, 2.45) is 0 Å². The van der Waals surface area contributed by atoms with Crippen LogP contribution < -0.4 is 4.74 Å². The van der Waals surface area contributed by atoms with Gasteiger partial charge in [-0.15, -0.1) is 11.6 Å². The third-order valence-electron chi connectivity index (χ3n) is 4.34. The number of alkyl halides is 1. The summed E-state index contributed by atoms with van der Waals surface area (Å²) in [5.41, 5.74) is 1.73. The maximum atomic E-state index is 6.19. The van der Waals surface area contributed by atoms with Gasteiger partial charge in [0.15, 0.2) is 0 Å². The van der Waals surface area contributed by atoms with Gasteiger partial charge in [0.1, 0.15) is 11.9 Å². The second kappa shape index (κ2) is 6.51. The first-order valence-electron chi connectivity index (χ1n) is 7.62. The second-order valence-corrected chi connectivity index (χ2v) is 6.17. The Balaban J connectivity index is 1.70. The van der Waals surface area contributed by atoms with Crippen molar-refractivity contribution >= 4 is 11.6 Å². The van der Waals surface area contributed by atoms with Crippen LogP contribution in [0.25, 0.3) is 0 Å². The molecule has 0 amide bonds. The van der Waals surface area contributed by atoms with E-state index in [2.05, 4.69) is 4.98 Å². The van der Waals surface area contributed by atoms with E-state index >= 15 is 0 Å². The molecule has 1 spiro atoms. The van der Waals surface area contributed by atoms with Crippen LogP contribution in [-0.2, 0) is 15.4 Å². The van der Waals surface area contributed by atoms with Gasteiger partial charge in [-0.3, -0.25) is 4.98 Å². The van der Waals surface area contributed by atoms with Gasteiger partial charge >= 0.3 is 0 Å². The number of ether oxygens (including phenoxy) is 3. The third kappa shape index (κ3) is 3.50. The molecule has 0 aliphatic carbocycles. The third-order valence-corrected chi connectivity index (χ3v) is 4.60. The van der Waals surface area contributed by atoms with Crippen LogP contribution in [0.15, 0.2) is 12.1 Å². The summed E-state index contributed by atoms with van der Waals surface area (Å²) in [6.07, 6.45) is 3.93. The molecule has 0 aromatic carbocycles. The van der Waals surface area contributed by atoms with Gasteiger partial charge in [-0.2, -0.15) is 0 Å². The Morgan fingerprint density at radius 2 is 2.14 bits per heavy atom. The normalized spacial score (nSPS) is 25.0. The van der Waals surface area contributed by atoms with Crippen molar-refractivity contribution in [1.29, 1.82) is 0 Å². The van der Waals surface area contributed by atoms with Crippen LogP contribution >= 0.6 is 11.6 Å². The first-order valence-corrected chi connectivity index (χ1v) is 8.15. The highest BCUT2D eigenvalue weighted by atomic mass is 35.5. The number of hydrogen-bond donors (Lipinski definition) is 0. The number of aromatic nitrogens is 1. The van der Waals surface area contributed by atoms with Crippen molar-refractivity contribution in [2.45, 2.75) is 50.2 Å². The summed E-state index contributed by atoms with van der Waals surface area (Å²) in [6.45, 7) is 4.28. The van der Waals surface area contributed by atoms with Gasteiger partial charge < -0.3 is 14.2 Å². The van der Waals surface area contributed by atoms with E-state index in [1.54, 1.807) is 0 Å². The lowest BCUT2D eigenvalue weighted by molar-refractivity contribution is -0.155. The maximum Gasteiger partial charge on any atom is 0.142 e. The molecule has 1 aromatic rings. The number of nitrogens with zero attached hydrogens (tertiary/aromatic N) is 1. The van der Waals surface area contributed by atoms with Gasteiger partial charge in [-0.05, 0) is 31.9 Å². The topological polar surface area (TPSA) is 40.6 Å². The average molecular weight is 312 g/mol. The molecule has 21 heavy (non-hydrogen) atoms. The molecule has 2 aliphatic heterocycles. The van der Waals surface area contributed by atoms with Crippen LogP contribution in [0.1, 0.15) is 37.1 Å². The highest BCUT2D eigenvalue weighted by Crippen LogP contribution is 2.36. The van der Waals surface area contributed by atoms with Crippen LogP contribution in [-0.4, -0.2) is 36.5 Å². The van der Waals surface area contributed by atoms with E-state index in [1.165, 1.54) is 0 Å². The zero-order valence-corrected chi connectivity index (χ0v) is 13.2. The molecular weight excluding hydrogens is 290 g/mol. The minimum absolute atomic E-state index is 0.0551. The standard InChI is InChI=1S/C16H22ClNO3/c1-12-2-3-15(14(11-17)18-12)21-13-4-7-20-16(10-13)5-8-19-9-6-16/h2-3,13H,4-11H2,1H3. The Morgan fingerprint density at radius 3 is 2.90 bits per heavy atom. The molecule has 0 bridgehead atoms. The summed E-state index contributed by atoms with van der Waals surface area (Å²) >= 11 is 5.98. The summed E-state index contributed by atoms with van der Waals surface area (Å²) in [6, 6.07) is 3.95. The van der Waals surface area contributed by atoms with Crippen molar-refractivity contribution in [3.05, 3.63) is 23.5 Å². The van der Waals surface area contributed by atoms with Crippen molar-refractivity contribution < 1.29 is 14.2 Å². The van der Waals surface area contributed by atoms with Gasteiger partial charge in [0, 0.05) is 31.7 Å². The Hall–Kier alpha value is -0.840. The summed E-state index contributed by atoms with van der Waals surface area (Å²) in [5, 5.41) is 0. The molecule has 3 rings (SSSR count). The van der Waals surface area contributed by atoms with Crippen molar-refractivity contribution in [3.63, 3.8) is 0 Å². The Kier molecular flexibility index (Phi) is 4.67. The van der Waals surface area contributed by atoms with Gasteiger partial charge in [-0.25, -0.2) is 0 Å². The van der Waals surface area contributed by atoms with Crippen LogP contribution in [0.5, 0.6) is 5.75 Å². The van der Waals surface area contributed by atoms with Crippen LogP contribution in [0, 0.1) is 6.92 Å². The van der Waals surface area contributed by atoms with Crippen molar-refractivity contribution in [3.8, 4) is 5.75 Å². The average Bonchev–Trinajstić information content (AvgIpc) is 2.50. The molecule has 1 aromatic heterocycles. The van der Waals surface area contributed by atoms with Gasteiger partial charge in [-0.1, -0.05) is 0 Å². The molecule has 4 nitrogen and oxygen atoms in total. The fourth-order valence-electron chi connectivity index (χ4n) is 3.16. The Morgan fingerprint density at radius 1 is 1.33 bits per heavy atom. The van der Waals surface area contributed by atoms with E-state index in [-0.39, 0.29) is 11.7 Å². The number of rotatable bonds is 3. The smallest absolute Gasteiger partial charge is 0.142 e. The molecule has 2 aliphatic rings. The number of aryl methyl sites for hydroxylation is 1. The second-order valence-electron chi connectivity index (χ2n) is 5.91. The van der Waals surface area contributed by atoms with Crippen LogP contribution in [0.2, 0.25) is 0 Å². The number of halogens is 1. The maximum absolute atomic E-state index is 6.19. The first-order chi connectivity index (χ1) is 10.2. The molecule has 1 unspecified atom stereocenters. The molecule has 116 valence electrons. The van der Waals surface area contributed by atoms with E-state index in [0.717, 1.165) is 62.6 Å². The first kappa shape index (κ1) is 15.1. The molecule has 0 radical (unpaired) electrons. The molecule has 2 saturated heterocycles. The van der Waals surface area contributed by atoms with E-state index in [9.17, 15) is 0 Å². The zero-order valence-electron chi connectivity index (χ0n) is 12.4. The minimum atomic E-state index is -0.0551. The predicted molar refractivity (Wildman–Crippen MR) is 80.9 cm³/mol. The van der Waals surface area contributed by atoms with E-state index in [1.807, 2.05) is 19.1 Å². The fraction of sp³-hybridized carbons (Fsp3) is 0.688. The number of pyridine rings is 1. The quantitative estimate of drug-likeness (QED) is 0.804. The van der Waals surface area contributed by atoms with Gasteiger partial charge in [0.05, 0.1) is 23.8 Å². The fourth-order valence-corrected chi connectivity index (χ4v) is 3.35. The van der Waals surface area contributed by atoms with Gasteiger partial charge in [0.25, 0.3) is 0 Å². The highest BCUT2D eigenvalue weighted by Gasteiger charge is 2.40. The lowest BCUT2D eigenvalue weighted by Crippen LogP contribution is -2.47. The Bertz CT molecular complexity index is 483. The van der Waals surface area contributed by atoms with Gasteiger partial charge in [0.2, 0.25) is 0 Å². The molecule has 5 heteroatoms. The molecule has 0 saturated carbocycles. The molecule has 1 atom stereocenters. The van der Waals surface area contributed by atoms with Crippen molar-refractivity contribution in [2.75, 3.05) is 19.8 Å². The largest absolute Gasteiger partial charge is 0.488 e. The van der Waals surface area contributed by atoms with E-state index < -0.39 is 0 Å². The SMILES string of the molecule is Cc1ccc(OC2CCOC3(CCOCC3)C2)c(CCl)n1. The van der Waals surface area contributed by atoms with E-state index in [0.29, 0.717) is 5.88 Å². The lowest BCUT2D eigenvalue weighted by atomic mass is 9.85. The summed E-state index contributed by atoms with van der Waals surface area (Å²) < 4.78 is 17.7. The monoisotopic (exact) mass is 311 g/mol. The molecule has 0 N–H and O–H groups in total. The summed E-state index contributed by atoms with van der Waals surface area (Å²) in [4.78, 5) is 4.45. The highest BCUT2D eigenvalue weighted by molar-refractivity contribution is 6.17. The molecular formula is C16H22ClNO3. The minimum Gasteiger partial charge on any atom is -0.488 e.